The average Bonchev–Trinajstić information content (AvgIpc) is 2.82. The van der Waals surface area contributed by atoms with Gasteiger partial charge in [0.1, 0.15) is 12.4 Å². The number of hydrogen-bond donors (Lipinski definition) is 3. The summed E-state index contributed by atoms with van der Waals surface area (Å²) in [5.74, 6) is 0.240. The molecule has 35 heavy (non-hydrogen) atoms. The maximum atomic E-state index is 12.7. The summed E-state index contributed by atoms with van der Waals surface area (Å²) in [6, 6.07) is 18.0. The SMILES string of the molecule is COCCOc1ccc(C(=O)NC(=S)Nc2ccc(S(=O)(=O)Nc3ccc(C)c(C)c3)cc2)cc1. The number of thiocarbonyl (C=S) groups is 1. The molecule has 0 atom stereocenters. The first kappa shape index (κ1) is 26.1. The summed E-state index contributed by atoms with van der Waals surface area (Å²) in [4.78, 5) is 12.5. The zero-order chi connectivity index (χ0) is 25.4. The Kier molecular flexibility index (Phi) is 8.80. The lowest BCUT2D eigenvalue weighted by molar-refractivity contribution is 0.0977. The number of sulfonamides is 1. The van der Waals surface area contributed by atoms with Gasteiger partial charge in [-0.3, -0.25) is 14.8 Å². The number of carbonyl (C=O) groups excluding carboxylic acids is 1. The van der Waals surface area contributed by atoms with E-state index in [1.165, 1.54) is 12.1 Å². The first-order valence-electron chi connectivity index (χ1n) is 10.7. The maximum Gasteiger partial charge on any atom is 0.261 e. The number of aryl methyl sites for hydroxylation is 2. The molecule has 0 aliphatic rings. The van der Waals surface area contributed by atoms with Gasteiger partial charge < -0.3 is 14.8 Å². The molecule has 0 radical (unpaired) electrons. The van der Waals surface area contributed by atoms with Gasteiger partial charge in [-0.2, -0.15) is 0 Å². The minimum atomic E-state index is -3.75. The van der Waals surface area contributed by atoms with Gasteiger partial charge in [0.25, 0.3) is 15.9 Å². The van der Waals surface area contributed by atoms with E-state index in [1.54, 1.807) is 55.6 Å². The second-order valence-electron chi connectivity index (χ2n) is 7.70. The molecule has 0 unspecified atom stereocenters. The van der Waals surface area contributed by atoms with Crippen molar-refractivity contribution in [2.24, 2.45) is 0 Å². The highest BCUT2D eigenvalue weighted by Crippen LogP contribution is 2.20. The van der Waals surface area contributed by atoms with E-state index in [-0.39, 0.29) is 15.9 Å². The highest BCUT2D eigenvalue weighted by atomic mass is 32.2. The number of nitrogens with one attached hydrogen (secondary N) is 3. The molecular weight excluding hydrogens is 486 g/mol. The Labute approximate surface area is 210 Å². The minimum Gasteiger partial charge on any atom is -0.491 e. The third-order valence-corrected chi connectivity index (χ3v) is 6.68. The van der Waals surface area contributed by atoms with Gasteiger partial charge in [-0.05, 0) is 97.9 Å². The predicted octanol–water partition coefficient (Wildman–Crippen LogP) is 4.26. The monoisotopic (exact) mass is 513 g/mol. The van der Waals surface area contributed by atoms with Crippen molar-refractivity contribution in [3.8, 4) is 5.75 Å². The van der Waals surface area contributed by atoms with Crippen LogP contribution in [-0.4, -0.2) is 39.8 Å². The van der Waals surface area contributed by atoms with E-state index in [1.807, 2.05) is 19.9 Å². The number of hydrogen-bond acceptors (Lipinski definition) is 6. The molecule has 0 fully saturated rings. The number of carbonyl (C=O) groups is 1. The van der Waals surface area contributed by atoms with Crippen LogP contribution in [0.4, 0.5) is 11.4 Å². The smallest absolute Gasteiger partial charge is 0.261 e. The van der Waals surface area contributed by atoms with Crippen LogP contribution in [0.3, 0.4) is 0 Å². The molecule has 0 aliphatic carbocycles. The number of amides is 1. The fraction of sp³-hybridized carbons (Fsp3) is 0.200. The van der Waals surface area contributed by atoms with Crippen molar-refractivity contribution in [1.29, 1.82) is 0 Å². The summed E-state index contributed by atoms with van der Waals surface area (Å²) in [7, 11) is -2.16. The Morgan fingerprint density at radius 1 is 0.886 bits per heavy atom. The summed E-state index contributed by atoms with van der Waals surface area (Å²) in [5, 5.41) is 5.55. The topological polar surface area (TPSA) is 106 Å². The van der Waals surface area contributed by atoms with Crippen LogP contribution in [0.2, 0.25) is 0 Å². The van der Waals surface area contributed by atoms with Gasteiger partial charge in [-0.25, -0.2) is 8.42 Å². The third-order valence-electron chi connectivity index (χ3n) is 5.08. The number of benzene rings is 3. The van der Waals surface area contributed by atoms with Crippen LogP contribution >= 0.6 is 12.2 Å². The van der Waals surface area contributed by atoms with Crippen LogP contribution in [0.1, 0.15) is 21.5 Å². The van der Waals surface area contributed by atoms with Crippen molar-refractivity contribution < 1.29 is 22.7 Å². The molecule has 3 aromatic carbocycles. The van der Waals surface area contributed by atoms with Crippen molar-refractivity contribution in [2.75, 3.05) is 30.4 Å². The molecule has 1 amide bonds. The van der Waals surface area contributed by atoms with E-state index in [0.29, 0.717) is 35.9 Å². The Balaban J connectivity index is 1.56. The summed E-state index contributed by atoms with van der Waals surface area (Å²) in [6.45, 7) is 4.77. The number of anilines is 2. The lowest BCUT2D eigenvalue weighted by Crippen LogP contribution is -2.34. The van der Waals surface area contributed by atoms with Crippen LogP contribution in [0.5, 0.6) is 5.75 Å². The second kappa shape index (κ2) is 11.8. The van der Waals surface area contributed by atoms with Gasteiger partial charge >= 0.3 is 0 Å². The van der Waals surface area contributed by atoms with Crippen molar-refractivity contribution in [1.82, 2.24) is 5.32 Å². The molecule has 0 bridgehead atoms. The van der Waals surface area contributed by atoms with Crippen molar-refractivity contribution in [3.05, 3.63) is 83.4 Å². The molecule has 0 heterocycles. The van der Waals surface area contributed by atoms with E-state index in [4.69, 9.17) is 21.7 Å². The molecule has 3 aromatic rings. The van der Waals surface area contributed by atoms with Crippen LogP contribution in [0, 0.1) is 13.8 Å². The predicted molar refractivity (Wildman–Crippen MR) is 141 cm³/mol. The largest absolute Gasteiger partial charge is 0.491 e. The lowest BCUT2D eigenvalue weighted by Gasteiger charge is -2.12. The zero-order valence-electron chi connectivity index (χ0n) is 19.6. The standard InChI is InChI=1S/C25H27N3O5S2/c1-17-4-7-21(16-18(17)2)28-35(30,31)23-12-8-20(9-13-23)26-25(34)27-24(29)19-5-10-22(11-6-19)33-15-14-32-3/h4-13,16,28H,14-15H2,1-3H3,(H2,26,27,29,34). The molecule has 184 valence electrons. The summed E-state index contributed by atoms with van der Waals surface area (Å²) in [5.41, 5.74) is 3.50. The van der Waals surface area contributed by atoms with E-state index in [9.17, 15) is 13.2 Å². The number of ether oxygens (including phenoxy) is 2. The highest BCUT2D eigenvalue weighted by Gasteiger charge is 2.15. The van der Waals surface area contributed by atoms with Crippen LogP contribution in [-0.2, 0) is 14.8 Å². The third kappa shape index (κ3) is 7.51. The number of rotatable bonds is 9. The Hall–Kier alpha value is -3.47. The van der Waals surface area contributed by atoms with E-state index < -0.39 is 10.0 Å². The first-order valence-corrected chi connectivity index (χ1v) is 12.6. The molecule has 0 saturated heterocycles. The van der Waals surface area contributed by atoms with Gasteiger partial charge in [0.05, 0.1) is 11.5 Å². The molecular formula is C25H27N3O5S2. The first-order chi connectivity index (χ1) is 16.7. The molecule has 8 nitrogen and oxygen atoms in total. The minimum absolute atomic E-state index is 0.0827. The lowest BCUT2D eigenvalue weighted by atomic mass is 10.1. The summed E-state index contributed by atoms with van der Waals surface area (Å²) in [6.07, 6.45) is 0. The molecule has 0 spiro atoms. The molecule has 0 aromatic heterocycles. The molecule has 10 heteroatoms. The van der Waals surface area contributed by atoms with Crippen LogP contribution in [0.25, 0.3) is 0 Å². The van der Waals surface area contributed by atoms with Gasteiger partial charge in [-0.15, -0.1) is 0 Å². The highest BCUT2D eigenvalue weighted by molar-refractivity contribution is 7.92. The maximum absolute atomic E-state index is 12.7. The van der Waals surface area contributed by atoms with Crippen LogP contribution < -0.4 is 20.1 Å². The Morgan fingerprint density at radius 3 is 2.17 bits per heavy atom. The van der Waals surface area contributed by atoms with Crippen molar-refractivity contribution in [2.45, 2.75) is 18.7 Å². The van der Waals surface area contributed by atoms with Gasteiger partial charge in [0.2, 0.25) is 0 Å². The Morgan fingerprint density at radius 2 is 1.54 bits per heavy atom. The Bertz CT molecular complexity index is 1290. The quantitative estimate of drug-likeness (QED) is 0.290. The van der Waals surface area contributed by atoms with Gasteiger partial charge in [0.15, 0.2) is 5.11 Å². The fourth-order valence-corrected chi connectivity index (χ4v) is 4.28. The molecule has 3 N–H and O–H groups in total. The summed E-state index contributed by atoms with van der Waals surface area (Å²) < 4.78 is 38.4. The van der Waals surface area contributed by atoms with E-state index in [2.05, 4.69) is 15.4 Å². The normalized spacial score (nSPS) is 10.9. The fourth-order valence-electron chi connectivity index (χ4n) is 3.02. The second-order valence-corrected chi connectivity index (χ2v) is 9.79. The van der Waals surface area contributed by atoms with Crippen molar-refractivity contribution in [3.63, 3.8) is 0 Å². The van der Waals surface area contributed by atoms with Crippen molar-refractivity contribution >= 4 is 44.6 Å². The van der Waals surface area contributed by atoms with E-state index >= 15 is 0 Å². The molecule has 0 aliphatic heterocycles. The van der Waals surface area contributed by atoms with Crippen LogP contribution in [0.15, 0.2) is 71.6 Å². The summed E-state index contributed by atoms with van der Waals surface area (Å²) >= 11 is 5.21. The average molecular weight is 514 g/mol. The van der Waals surface area contributed by atoms with E-state index in [0.717, 1.165) is 11.1 Å². The van der Waals surface area contributed by atoms with Gasteiger partial charge in [0, 0.05) is 24.0 Å². The van der Waals surface area contributed by atoms with Gasteiger partial charge in [-0.1, -0.05) is 6.07 Å². The zero-order valence-corrected chi connectivity index (χ0v) is 21.3. The number of methoxy groups -OCH3 is 1. The molecule has 3 rings (SSSR count). The molecule has 0 saturated carbocycles.